The molecule has 27 heavy (non-hydrogen) atoms. The van der Waals surface area contributed by atoms with Gasteiger partial charge in [0.15, 0.2) is 6.10 Å². The van der Waals surface area contributed by atoms with Gasteiger partial charge in [0.05, 0.1) is 19.9 Å². The Balaban J connectivity index is 1.63. The normalized spacial score (nSPS) is 14.0. The highest BCUT2D eigenvalue weighted by atomic mass is 32.1. The Kier molecular flexibility index (Phi) is 6.01. The number of methoxy groups -OCH3 is 2. The first-order valence-corrected chi connectivity index (χ1v) is 9.69. The Hall–Kier alpha value is -2.54. The van der Waals surface area contributed by atoms with Crippen LogP contribution in [-0.4, -0.2) is 32.2 Å². The van der Waals surface area contributed by atoms with Crippen molar-refractivity contribution in [1.82, 2.24) is 0 Å². The molecule has 3 rings (SSSR count). The van der Waals surface area contributed by atoms with Gasteiger partial charge in [-0.25, -0.2) is 4.79 Å². The van der Waals surface area contributed by atoms with Crippen molar-refractivity contribution in [2.24, 2.45) is 0 Å². The zero-order chi connectivity index (χ0) is 19.4. The summed E-state index contributed by atoms with van der Waals surface area (Å²) in [6.45, 7) is 1.55. The molecular formula is C20H23NO5S. The number of thiophene rings is 1. The van der Waals surface area contributed by atoms with Gasteiger partial charge in [-0.15, -0.1) is 11.3 Å². The van der Waals surface area contributed by atoms with Gasteiger partial charge in [0, 0.05) is 10.9 Å². The number of amides is 1. The smallest absolute Gasteiger partial charge is 0.349 e. The number of hydrogen-bond acceptors (Lipinski definition) is 6. The highest BCUT2D eigenvalue weighted by Crippen LogP contribution is 2.31. The Bertz CT molecular complexity index is 821. The third-order valence-electron chi connectivity index (χ3n) is 4.52. The highest BCUT2D eigenvalue weighted by Gasteiger charge is 2.23. The van der Waals surface area contributed by atoms with Crippen molar-refractivity contribution in [2.75, 3.05) is 19.5 Å². The monoisotopic (exact) mass is 389 g/mol. The van der Waals surface area contributed by atoms with E-state index >= 15 is 0 Å². The van der Waals surface area contributed by atoms with Gasteiger partial charge in [0.2, 0.25) is 0 Å². The summed E-state index contributed by atoms with van der Waals surface area (Å²) in [7, 11) is 3.06. The van der Waals surface area contributed by atoms with Crippen LogP contribution < -0.4 is 14.8 Å². The van der Waals surface area contributed by atoms with Crippen LogP contribution in [0.15, 0.2) is 24.3 Å². The average Bonchev–Trinajstić information content (AvgIpc) is 3.12. The zero-order valence-electron chi connectivity index (χ0n) is 15.7. The van der Waals surface area contributed by atoms with E-state index in [0.29, 0.717) is 22.1 Å². The maximum absolute atomic E-state index is 12.4. The average molecular weight is 389 g/mol. The second-order valence-corrected chi connectivity index (χ2v) is 7.51. The molecule has 2 aromatic rings. The van der Waals surface area contributed by atoms with E-state index in [1.165, 1.54) is 28.9 Å². The van der Waals surface area contributed by atoms with Crippen LogP contribution in [0.2, 0.25) is 0 Å². The minimum Gasteiger partial charge on any atom is -0.497 e. The number of carbonyl (C=O) groups excluding carboxylic acids is 2. The number of rotatable bonds is 6. The largest absolute Gasteiger partial charge is 0.497 e. The fraction of sp³-hybridized carbons (Fsp3) is 0.400. The van der Waals surface area contributed by atoms with Crippen LogP contribution in [0.25, 0.3) is 0 Å². The lowest BCUT2D eigenvalue weighted by atomic mass is 9.99. The third kappa shape index (κ3) is 4.42. The van der Waals surface area contributed by atoms with Gasteiger partial charge >= 0.3 is 5.97 Å². The molecule has 1 aliphatic carbocycles. The molecule has 0 bridgehead atoms. The Morgan fingerprint density at radius 2 is 1.89 bits per heavy atom. The van der Waals surface area contributed by atoms with Crippen LogP contribution in [0.1, 0.15) is 39.9 Å². The summed E-state index contributed by atoms with van der Waals surface area (Å²) in [5.74, 6) is 0.199. The molecule has 1 aromatic carbocycles. The van der Waals surface area contributed by atoms with Gasteiger partial charge in [-0.2, -0.15) is 0 Å². The molecule has 0 fully saturated rings. The lowest BCUT2D eigenvalue weighted by Crippen LogP contribution is -2.29. The van der Waals surface area contributed by atoms with Crippen molar-refractivity contribution in [2.45, 2.75) is 38.7 Å². The second-order valence-electron chi connectivity index (χ2n) is 6.37. The fourth-order valence-electron chi connectivity index (χ4n) is 3.00. The van der Waals surface area contributed by atoms with Gasteiger partial charge in [-0.1, -0.05) is 0 Å². The van der Waals surface area contributed by atoms with Crippen LogP contribution in [-0.2, 0) is 22.4 Å². The standard InChI is InChI=1S/C20H23NO5S/c1-12(19(22)21-15-9-8-14(24-2)11-16(15)25-3)26-20(23)18-10-13-6-4-5-7-17(13)27-18/h8-12H,4-7H2,1-3H3,(H,21,22). The Morgan fingerprint density at radius 1 is 1.11 bits per heavy atom. The molecular weight excluding hydrogens is 366 g/mol. The molecule has 0 saturated carbocycles. The van der Waals surface area contributed by atoms with E-state index in [1.807, 2.05) is 6.07 Å². The van der Waals surface area contributed by atoms with Gasteiger partial charge < -0.3 is 19.5 Å². The molecule has 1 aliphatic rings. The summed E-state index contributed by atoms with van der Waals surface area (Å²) in [6.07, 6.45) is 3.40. The van der Waals surface area contributed by atoms with E-state index < -0.39 is 18.0 Å². The van der Waals surface area contributed by atoms with E-state index in [1.54, 1.807) is 32.2 Å². The first-order chi connectivity index (χ1) is 13.0. The molecule has 0 radical (unpaired) electrons. The first-order valence-electron chi connectivity index (χ1n) is 8.87. The zero-order valence-corrected chi connectivity index (χ0v) is 16.5. The maximum atomic E-state index is 12.4. The Morgan fingerprint density at radius 3 is 2.59 bits per heavy atom. The van der Waals surface area contributed by atoms with Crippen molar-refractivity contribution in [3.63, 3.8) is 0 Å². The van der Waals surface area contributed by atoms with Crippen LogP contribution in [0, 0.1) is 0 Å². The second kappa shape index (κ2) is 8.43. The number of fused-ring (bicyclic) bond motifs is 1. The van der Waals surface area contributed by atoms with Crippen molar-refractivity contribution >= 4 is 28.9 Å². The minimum absolute atomic E-state index is 0.423. The molecule has 144 valence electrons. The molecule has 1 heterocycles. The van der Waals surface area contributed by atoms with Gasteiger partial charge in [0.25, 0.3) is 5.91 Å². The number of benzene rings is 1. The summed E-state index contributed by atoms with van der Waals surface area (Å²) >= 11 is 1.47. The minimum atomic E-state index is -0.927. The van der Waals surface area contributed by atoms with Gasteiger partial charge in [0.1, 0.15) is 16.4 Å². The van der Waals surface area contributed by atoms with Crippen molar-refractivity contribution < 1.29 is 23.8 Å². The van der Waals surface area contributed by atoms with Crippen molar-refractivity contribution in [3.05, 3.63) is 39.6 Å². The number of carbonyl (C=O) groups is 2. The molecule has 1 unspecified atom stereocenters. The first kappa shape index (κ1) is 19.2. The molecule has 1 amide bonds. The van der Waals surface area contributed by atoms with E-state index in [2.05, 4.69) is 5.32 Å². The number of anilines is 1. The van der Waals surface area contributed by atoms with E-state index in [-0.39, 0.29) is 0 Å². The summed E-state index contributed by atoms with van der Waals surface area (Å²) in [4.78, 5) is 26.6. The van der Waals surface area contributed by atoms with Gasteiger partial charge in [-0.05, 0) is 56.4 Å². The van der Waals surface area contributed by atoms with E-state index in [0.717, 1.165) is 25.7 Å². The molecule has 0 spiro atoms. The number of aryl methyl sites for hydroxylation is 2. The van der Waals surface area contributed by atoms with Crippen LogP contribution >= 0.6 is 11.3 Å². The van der Waals surface area contributed by atoms with Crippen LogP contribution in [0.4, 0.5) is 5.69 Å². The molecule has 0 saturated heterocycles. The molecule has 7 heteroatoms. The van der Waals surface area contributed by atoms with Crippen LogP contribution in [0.3, 0.4) is 0 Å². The topological polar surface area (TPSA) is 73.9 Å². The van der Waals surface area contributed by atoms with Gasteiger partial charge in [-0.3, -0.25) is 4.79 Å². The summed E-state index contributed by atoms with van der Waals surface area (Å²) in [5.41, 5.74) is 1.72. The number of ether oxygens (including phenoxy) is 3. The Labute approximate surface area is 162 Å². The summed E-state index contributed by atoms with van der Waals surface area (Å²) in [6, 6.07) is 6.96. The third-order valence-corrected chi connectivity index (χ3v) is 5.73. The predicted molar refractivity (Wildman–Crippen MR) is 104 cm³/mol. The molecule has 1 N–H and O–H groups in total. The maximum Gasteiger partial charge on any atom is 0.349 e. The summed E-state index contributed by atoms with van der Waals surface area (Å²) < 4.78 is 15.8. The molecule has 0 aliphatic heterocycles. The van der Waals surface area contributed by atoms with Crippen molar-refractivity contribution in [1.29, 1.82) is 0 Å². The number of esters is 1. The van der Waals surface area contributed by atoms with Crippen molar-refractivity contribution in [3.8, 4) is 11.5 Å². The van der Waals surface area contributed by atoms with E-state index in [9.17, 15) is 9.59 Å². The lowest BCUT2D eigenvalue weighted by molar-refractivity contribution is -0.123. The highest BCUT2D eigenvalue weighted by molar-refractivity contribution is 7.14. The quantitative estimate of drug-likeness (QED) is 0.760. The van der Waals surface area contributed by atoms with Crippen LogP contribution in [0.5, 0.6) is 11.5 Å². The SMILES string of the molecule is COc1ccc(NC(=O)C(C)OC(=O)c2cc3c(s2)CCCC3)c(OC)c1. The lowest BCUT2D eigenvalue weighted by Gasteiger charge is -2.15. The predicted octanol–water partition coefficient (Wildman–Crippen LogP) is 3.83. The summed E-state index contributed by atoms with van der Waals surface area (Å²) in [5, 5.41) is 2.72. The number of hydrogen-bond donors (Lipinski definition) is 1. The molecule has 6 nitrogen and oxygen atoms in total. The van der Waals surface area contributed by atoms with E-state index in [4.69, 9.17) is 14.2 Å². The molecule has 1 aromatic heterocycles. The number of nitrogens with one attached hydrogen (secondary N) is 1. The fourth-order valence-corrected chi connectivity index (χ4v) is 4.14. The molecule has 1 atom stereocenters.